The van der Waals surface area contributed by atoms with E-state index in [0.29, 0.717) is 13.0 Å². The van der Waals surface area contributed by atoms with Crippen LogP contribution in [0.1, 0.15) is 31.7 Å². The predicted molar refractivity (Wildman–Crippen MR) is 134 cm³/mol. The Hall–Kier alpha value is -2.38. The molecule has 194 valence electrons. The molecule has 1 spiro atoms. The maximum Gasteiger partial charge on any atom is 0.255 e. The molecule has 0 radical (unpaired) electrons. The minimum absolute atomic E-state index is 0.0388. The zero-order chi connectivity index (χ0) is 25.4. The lowest BCUT2D eigenvalue weighted by Crippen LogP contribution is -2.64. The minimum atomic E-state index is -2.66. The van der Waals surface area contributed by atoms with E-state index < -0.39 is 35.6 Å². The van der Waals surface area contributed by atoms with Crippen molar-refractivity contribution in [3.8, 4) is 6.07 Å². The molecule has 0 aromatic heterocycles. The third-order valence-electron chi connectivity index (χ3n) is 8.11. The van der Waals surface area contributed by atoms with Crippen molar-refractivity contribution in [3.63, 3.8) is 0 Å². The van der Waals surface area contributed by atoms with Crippen LogP contribution in [0.25, 0.3) is 0 Å². The molecule has 0 bridgehead atoms. The molecule has 5 rings (SSSR count). The van der Waals surface area contributed by atoms with Crippen molar-refractivity contribution in [2.75, 3.05) is 38.0 Å². The van der Waals surface area contributed by atoms with E-state index in [1.54, 1.807) is 4.90 Å². The first-order chi connectivity index (χ1) is 17.4. The first-order valence-corrected chi connectivity index (χ1v) is 13.8. The molecule has 2 N–H and O–H groups in total. The maximum absolute atomic E-state index is 13.4. The maximum atomic E-state index is 13.4. The lowest BCUT2D eigenvalue weighted by Gasteiger charge is -2.53. The van der Waals surface area contributed by atoms with Crippen molar-refractivity contribution in [3.05, 3.63) is 29.8 Å². The van der Waals surface area contributed by atoms with Gasteiger partial charge in [0.2, 0.25) is 11.8 Å². The van der Waals surface area contributed by atoms with Gasteiger partial charge in [0, 0.05) is 30.1 Å². The van der Waals surface area contributed by atoms with E-state index in [9.17, 15) is 23.6 Å². The SMILES string of the molecule is CCN1C(=O)C2CC(Nc3cccc(CCN4CCCC4)c3)C2SC12C(C#N)C2C(=O)NCC(F)F. The number of fused-ring (bicyclic) bond motifs is 1. The van der Waals surface area contributed by atoms with Crippen LogP contribution in [0.5, 0.6) is 0 Å². The lowest BCUT2D eigenvalue weighted by molar-refractivity contribution is -0.141. The number of anilines is 1. The molecule has 4 aliphatic rings. The molecule has 10 heteroatoms. The summed E-state index contributed by atoms with van der Waals surface area (Å²) < 4.78 is 25.3. The number of thioether (sulfide) groups is 1. The molecule has 6 unspecified atom stereocenters. The van der Waals surface area contributed by atoms with E-state index in [2.05, 4.69) is 33.7 Å². The number of nitriles is 1. The standard InChI is InChI=1S/C26H33F2N5O2S/c1-2-33-25(35)18-13-20(31-17-7-5-6-16(12-17)8-11-32-9-3-4-10-32)23(18)36-26(33)19(14-29)22(26)24(34)30-15-21(27)28/h5-7,12,18-23,31H,2-4,8-11,13,15H2,1H3,(H,30,34). The van der Waals surface area contributed by atoms with Crippen LogP contribution in [0.3, 0.4) is 0 Å². The molecule has 4 fully saturated rings. The molecular formula is C26H33F2N5O2S. The Morgan fingerprint density at radius 2 is 2.11 bits per heavy atom. The normalized spacial score (nSPS) is 33.2. The Balaban J connectivity index is 1.27. The zero-order valence-electron chi connectivity index (χ0n) is 20.5. The largest absolute Gasteiger partial charge is 0.381 e. The summed E-state index contributed by atoms with van der Waals surface area (Å²) >= 11 is 1.51. The molecule has 2 amide bonds. The number of carbonyl (C=O) groups excluding carboxylic acids is 2. The van der Waals surface area contributed by atoms with Gasteiger partial charge >= 0.3 is 0 Å². The summed E-state index contributed by atoms with van der Waals surface area (Å²) in [5.41, 5.74) is 2.28. The number of carbonyl (C=O) groups is 2. The molecule has 7 nitrogen and oxygen atoms in total. The Labute approximate surface area is 214 Å². The Morgan fingerprint density at radius 1 is 1.33 bits per heavy atom. The van der Waals surface area contributed by atoms with Crippen molar-refractivity contribution < 1.29 is 18.4 Å². The lowest BCUT2D eigenvalue weighted by atomic mass is 9.78. The smallest absolute Gasteiger partial charge is 0.255 e. The first-order valence-electron chi connectivity index (χ1n) is 12.9. The van der Waals surface area contributed by atoms with Gasteiger partial charge in [0.25, 0.3) is 6.43 Å². The average Bonchev–Trinajstić information content (AvgIpc) is 3.19. The Kier molecular flexibility index (Phi) is 7.14. The number of alkyl halides is 2. The van der Waals surface area contributed by atoms with Gasteiger partial charge in [-0.05, 0) is 63.4 Å². The van der Waals surface area contributed by atoms with Gasteiger partial charge in [-0.25, -0.2) is 8.78 Å². The number of amides is 2. The molecule has 36 heavy (non-hydrogen) atoms. The van der Waals surface area contributed by atoms with Crippen molar-refractivity contribution in [2.45, 2.75) is 55.2 Å². The number of hydrogen-bond donors (Lipinski definition) is 2. The highest BCUT2D eigenvalue weighted by Crippen LogP contribution is 2.68. The van der Waals surface area contributed by atoms with Gasteiger partial charge in [0.15, 0.2) is 0 Å². The summed E-state index contributed by atoms with van der Waals surface area (Å²) in [5.74, 6) is -2.29. The van der Waals surface area contributed by atoms with Gasteiger partial charge in [-0.2, -0.15) is 5.26 Å². The minimum Gasteiger partial charge on any atom is -0.381 e. The van der Waals surface area contributed by atoms with E-state index in [1.807, 2.05) is 19.1 Å². The second kappa shape index (κ2) is 10.2. The highest BCUT2D eigenvalue weighted by Gasteiger charge is 2.77. The summed E-state index contributed by atoms with van der Waals surface area (Å²) in [5, 5.41) is 15.6. The highest BCUT2D eigenvalue weighted by atomic mass is 32.2. The van der Waals surface area contributed by atoms with Gasteiger partial charge in [0.05, 0.1) is 30.4 Å². The quantitative estimate of drug-likeness (QED) is 0.524. The number of halogens is 2. The second-order valence-corrected chi connectivity index (χ2v) is 11.7. The van der Waals surface area contributed by atoms with Gasteiger partial charge < -0.3 is 20.4 Å². The molecule has 2 heterocycles. The molecule has 1 aromatic carbocycles. The number of hydrogen-bond acceptors (Lipinski definition) is 6. The topological polar surface area (TPSA) is 88.5 Å². The van der Waals surface area contributed by atoms with Crippen molar-refractivity contribution >= 4 is 29.3 Å². The molecule has 2 saturated carbocycles. The zero-order valence-corrected chi connectivity index (χ0v) is 21.3. The predicted octanol–water partition coefficient (Wildman–Crippen LogP) is 2.94. The fourth-order valence-corrected chi connectivity index (χ4v) is 8.36. The van der Waals surface area contributed by atoms with E-state index in [4.69, 9.17) is 0 Å². The van der Waals surface area contributed by atoms with Gasteiger partial charge in [0.1, 0.15) is 4.87 Å². The van der Waals surface area contributed by atoms with Crippen LogP contribution in [-0.2, 0) is 16.0 Å². The first kappa shape index (κ1) is 25.3. The second-order valence-electron chi connectivity index (χ2n) is 10.2. The van der Waals surface area contributed by atoms with Crippen LogP contribution >= 0.6 is 11.8 Å². The third-order valence-corrected chi connectivity index (χ3v) is 10.1. The summed E-state index contributed by atoms with van der Waals surface area (Å²) in [7, 11) is 0. The van der Waals surface area contributed by atoms with Crippen LogP contribution < -0.4 is 10.6 Å². The summed E-state index contributed by atoms with van der Waals surface area (Å²) in [6, 6.07) is 10.6. The van der Waals surface area contributed by atoms with Crippen LogP contribution in [0.4, 0.5) is 14.5 Å². The molecule has 2 aliphatic carbocycles. The van der Waals surface area contributed by atoms with Gasteiger partial charge in [-0.15, -0.1) is 11.8 Å². The van der Waals surface area contributed by atoms with Crippen LogP contribution in [0, 0.1) is 29.1 Å². The highest BCUT2D eigenvalue weighted by molar-refractivity contribution is 8.01. The van der Waals surface area contributed by atoms with Crippen LogP contribution in [0.2, 0.25) is 0 Å². The van der Waals surface area contributed by atoms with Crippen LogP contribution in [0.15, 0.2) is 24.3 Å². The monoisotopic (exact) mass is 517 g/mol. The fraction of sp³-hybridized carbons (Fsp3) is 0.654. The van der Waals surface area contributed by atoms with E-state index in [1.165, 1.54) is 43.3 Å². The number of nitrogens with zero attached hydrogens (tertiary/aromatic N) is 3. The summed E-state index contributed by atoms with van der Waals surface area (Å²) in [6.45, 7) is 4.87. The molecule has 2 aliphatic heterocycles. The molecule has 6 atom stereocenters. The molecular weight excluding hydrogens is 484 g/mol. The summed E-state index contributed by atoms with van der Waals surface area (Å²) in [6.07, 6.45) is 1.58. The molecule has 1 aromatic rings. The average molecular weight is 518 g/mol. The fourth-order valence-electron chi connectivity index (χ4n) is 6.18. The van der Waals surface area contributed by atoms with Crippen molar-refractivity contribution in [2.24, 2.45) is 17.8 Å². The van der Waals surface area contributed by atoms with Crippen molar-refractivity contribution in [1.82, 2.24) is 15.1 Å². The molecule has 2 saturated heterocycles. The number of likely N-dealkylation sites (tertiary alicyclic amines) is 1. The van der Waals surface area contributed by atoms with Crippen LogP contribution in [-0.4, -0.2) is 76.9 Å². The van der Waals surface area contributed by atoms with E-state index >= 15 is 0 Å². The number of benzene rings is 1. The number of rotatable bonds is 9. The van der Waals surface area contributed by atoms with Gasteiger partial charge in [-0.1, -0.05) is 12.1 Å². The van der Waals surface area contributed by atoms with Crippen molar-refractivity contribution in [1.29, 1.82) is 5.26 Å². The van der Waals surface area contributed by atoms with E-state index in [0.717, 1.165) is 18.7 Å². The Bertz CT molecular complexity index is 1050. The third kappa shape index (κ3) is 4.45. The van der Waals surface area contributed by atoms with Gasteiger partial charge in [-0.3, -0.25) is 9.59 Å². The Morgan fingerprint density at radius 3 is 2.81 bits per heavy atom. The van der Waals surface area contributed by atoms with E-state index in [-0.39, 0.29) is 23.1 Å². The number of nitrogens with one attached hydrogen (secondary N) is 2. The summed E-state index contributed by atoms with van der Waals surface area (Å²) in [4.78, 5) is 29.2.